The normalized spacial score (nSPS) is 14.4. The Morgan fingerprint density at radius 3 is 2.23 bits per heavy atom. The van der Waals surface area contributed by atoms with Crippen LogP contribution >= 0.6 is 11.3 Å². The number of nitrogen functional groups attached to an aromatic ring is 1. The van der Waals surface area contributed by atoms with Gasteiger partial charge in [-0.2, -0.15) is 4.39 Å². The van der Waals surface area contributed by atoms with E-state index in [9.17, 15) is 4.39 Å². The molecule has 0 spiro atoms. The predicted molar refractivity (Wildman–Crippen MR) is 56.7 cm³/mol. The van der Waals surface area contributed by atoms with E-state index in [0.717, 1.165) is 48.1 Å². The molecular formula is C10H16FNS. The zero-order valence-electron chi connectivity index (χ0n) is 8.19. The van der Waals surface area contributed by atoms with Crippen LogP contribution in [0.25, 0.3) is 0 Å². The maximum atomic E-state index is 13.0. The summed E-state index contributed by atoms with van der Waals surface area (Å²) in [4.78, 5) is 0. The lowest BCUT2D eigenvalue weighted by Crippen LogP contribution is -2.02. The number of halogens is 1. The molecule has 0 radical (unpaired) electrons. The number of hydrogen-bond acceptors (Lipinski definition) is 2. The average Bonchev–Trinajstić information content (AvgIpc) is 2.47. The van der Waals surface area contributed by atoms with Crippen molar-refractivity contribution >= 4 is 16.3 Å². The van der Waals surface area contributed by atoms with Crippen LogP contribution in [0.1, 0.15) is 37.8 Å². The summed E-state index contributed by atoms with van der Waals surface area (Å²) >= 11 is 1.10. The summed E-state index contributed by atoms with van der Waals surface area (Å²) in [6, 6.07) is 0. The lowest BCUT2D eigenvalue weighted by Gasteiger charge is -2.10. The molecule has 0 atom stereocenters. The summed E-state index contributed by atoms with van der Waals surface area (Å²) in [6.07, 6.45) is 4.13. The molecule has 0 saturated heterocycles. The van der Waals surface area contributed by atoms with Crippen LogP contribution in [0.2, 0.25) is 0 Å². The van der Waals surface area contributed by atoms with Crippen LogP contribution < -0.4 is 5.73 Å². The van der Waals surface area contributed by atoms with Crippen LogP contribution in [0.3, 0.4) is 0 Å². The fraction of sp³-hybridized carbons (Fsp3) is 0.600. The monoisotopic (exact) mass is 201 g/mol. The molecule has 0 unspecified atom stereocenters. The highest BCUT2D eigenvalue weighted by Gasteiger charge is 2.18. The van der Waals surface area contributed by atoms with Gasteiger partial charge in [-0.1, -0.05) is 25.2 Å². The minimum absolute atomic E-state index is 0.0581. The van der Waals surface area contributed by atoms with Crippen LogP contribution in [0.15, 0.2) is 0 Å². The smallest absolute Gasteiger partial charge is 0.181 e. The molecule has 1 aliphatic carbocycles. The van der Waals surface area contributed by atoms with Crippen molar-refractivity contribution in [3.63, 3.8) is 0 Å². The van der Waals surface area contributed by atoms with Crippen LogP contribution in [0.4, 0.5) is 9.39 Å². The van der Waals surface area contributed by atoms with Crippen molar-refractivity contribution in [1.82, 2.24) is 0 Å². The van der Waals surface area contributed by atoms with E-state index >= 15 is 0 Å². The summed E-state index contributed by atoms with van der Waals surface area (Å²) in [5, 5.41) is 0.634. The third-order valence-electron chi connectivity index (χ3n) is 2.20. The average molecular weight is 201 g/mol. The molecule has 74 valence electrons. The number of hydrogen-bond donors (Lipinski definition) is 1. The Hall–Kier alpha value is -0.570. The van der Waals surface area contributed by atoms with Crippen molar-refractivity contribution in [2.45, 2.75) is 39.5 Å². The second kappa shape index (κ2) is 4.61. The van der Waals surface area contributed by atoms with Crippen LogP contribution in [-0.2, 0) is 12.8 Å². The molecule has 0 saturated carbocycles. The molecule has 1 heterocycles. The van der Waals surface area contributed by atoms with Crippen molar-refractivity contribution < 1.29 is 4.39 Å². The molecule has 1 aromatic rings. The highest BCUT2D eigenvalue weighted by Crippen LogP contribution is 2.34. The lowest BCUT2D eigenvalue weighted by atomic mass is 9.95. The highest BCUT2D eigenvalue weighted by molar-refractivity contribution is 7.14. The topological polar surface area (TPSA) is 26.0 Å². The first-order valence-electron chi connectivity index (χ1n) is 4.84. The fourth-order valence-electron chi connectivity index (χ4n) is 1.61. The largest absolute Gasteiger partial charge is 0.390 e. The van der Waals surface area contributed by atoms with E-state index in [0.29, 0.717) is 5.00 Å². The number of anilines is 1. The maximum Gasteiger partial charge on any atom is 0.181 e. The van der Waals surface area contributed by atoms with Gasteiger partial charge in [-0.15, -0.1) is 0 Å². The molecule has 0 aliphatic heterocycles. The van der Waals surface area contributed by atoms with Crippen molar-refractivity contribution in [3.8, 4) is 0 Å². The third kappa shape index (κ3) is 2.02. The number of rotatable bonds is 0. The fourth-order valence-corrected chi connectivity index (χ4v) is 2.50. The second-order valence-electron chi connectivity index (χ2n) is 2.90. The number of nitrogens with two attached hydrogens (primary N) is 1. The van der Waals surface area contributed by atoms with Gasteiger partial charge in [-0.25, -0.2) is 0 Å². The maximum absolute atomic E-state index is 13.0. The van der Waals surface area contributed by atoms with Gasteiger partial charge in [0.1, 0.15) is 0 Å². The molecular weight excluding hydrogens is 185 g/mol. The summed E-state index contributed by atoms with van der Waals surface area (Å²) < 4.78 is 13.0. The van der Waals surface area contributed by atoms with E-state index in [2.05, 4.69) is 0 Å². The molecule has 2 N–H and O–H groups in total. The molecule has 0 amide bonds. The van der Waals surface area contributed by atoms with Gasteiger partial charge in [-0.05, 0) is 31.2 Å². The molecule has 1 aromatic heterocycles. The standard InChI is InChI=1S/C8H10FNS.C2H6/c9-7-5-3-1-2-4-6(5)8(10)11-7;1-2/h1-4,10H2;1-2H3. The van der Waals surface area contributed by atoms with Gasteiger partial charge >= 0.3 is 0 Å². The molecule has 2 rings (SSSR count). The first kappa shape index (κ1) is 10.5. The lowest BCUT2D eigenvalue weighted by molar-refractivity contribution is 0.606. The van der Waals surface area contributed by atoms with Crippen molar-refractivity contribution in [3.05, 3.63) is 16.3 Å². The summed E-state index contributed by atoms with van der Waals surface area (Å²) in [5.41, 5.74) is 7.61. The highest BCUT2D eigenvalue weighted by atomic mass is 32.1. The zero-order chi connectivity index (χ0) is 9.84. The Labute approximate surface area is 82.8 Å². The van der Waals surface area contributed by atoms with E-state index in [1.807, 2.05) is 13.8 Å². The summed E-state index contributed by atoms with van der Waals surface area (Å²) in [7, 11) is 0. The summed E-state index contributed by atoms with van der Waals surface area (Å²) in [5.74, 6) is 0. The molecule has 1 aliphatic rings. The third-order valence-corrected chi connectivity index (χ3v) is 3.09. The van der Waals surface area contributed by atoms with E-state index < -0.39 is 0 Å². The van der Waals surface area contributed by atoms with Gasteiger partial charge in [0.2, 0.25) is 0 Å². The zero-order valence-corrected chi connectivity index (χ0v) is 9.01. The van der Waals surface area contributed by atoms with E-state index in [-0.39, 0.29) is 5.13 Å². The van der Waals surface area contributed by atoms with Crippen LogP contribution in [0.5, 0.6) is 0 Å². The van der Waals surface area contributed by atoms with E-state index in [4.69, 9.17) is 5.73 Å². The Balaban J connectivity index is 0.000000396. The molecule has 0 fully saturated rings. The minimum atomic E-state index is -0.0581. The summed E-state index contributed by atoms with van der Waals surface area (Å²) in [6.45, 7) is 4.00. The van der Waals surface area contributed by atoms with Gasteiger partial charge in [0, 0.05) is 5.56 Å². The molecule has 3 heteroatoms. The Morgan fingerprint density at radius 1 is 1.15 bits per heavy atom. The van der Waals surface area contributed by atoms with Gasteiger partial charge in [0.25, 0.3) is 0 Å². The quantitative estimate of drug-likeness (QED) is 0.684. The first-order valence-corrected chi connectivity index (χ1v) is 5.66. The van der Waals surface area contributed by atoms with Gasteiger partial charge in [0.05, 0.1) is 5.00 Å². The number of thiophene rings is 1. The van der Waals surface area contributed by atoms with Gasteiger partial charge in [0.15, 0.2) is 5.13 Å². The Morgan fingerprint density at radius 2 is 1.69 bits per heavy atom. The van der Waals surface area contributed by atoms with Crippen LogP contribution in [0, 0.1) is 5.13 Å². The first-order chi connectivity index (χ1) is 6.29. The van der Waals surface area contributed by atoms with E-state index in [1.54, 1.807) is 0 Å². The van der Waals surface area contributed by atoms with Crippen molar-refractivity contribution in [2.24, 2.45) is 0 Å². The minimum Gasteiger partial charge on any atom is -0.390 e. The molecule has 1 nitrogen and oxygen atoms in total. The van der Waals surface area contributed by atoms with Crippen molar-refractivity contribution in [1.29, 1.82) is 0 Å². The SMILES string of the molecule is CC.Nc1sc(F)c2c1CCCC2. The van der Waals surface area contributed by atoms with E-state index in [1.165, 1.54) is 0 Å². The molecule has 13 heavy (non-hydrogen) atoms. The molecule has 0 bridgehead atoms. The molecule has 0 aromatic carbocycles. The van der Waals surface area contributed by atoms with Gasteiger partial charge < -0.3 is 5.73 Å². The number of fused-ring (bicyclic) bond motifs is 1. The van der Waals surface area contributed by atoms with Crippen LogP contribution in [-0.4, -0.2) is 0 Å². The van der Waals surface area contributed by atoms with Gasteiger partial charge in [-0.3, -0.25) is 0 Å². The Kier molecular flexibility index (Phi) is 3.72. The predicted octanol–water partition coefficient (Wildman–Crippen LogP) is 3.37. The van der Waals surface area contributed by atoms with Crippen molar-refractivity contribution in [2.75, 3.05) is 5.73 Å². The second-order valence-corrected chi connectivity index (χ2v) is 3.91. The Bertz CT molecular complexity index is 254.